The van der Waals surface area contributed by atoms with E-state index in [1.807, 2.05) is 30.3 Å². The topological polar surface area (TPSA) is 52.0 Å². The second-order valence-corrected chi connectivity index (χ2v) is 5.11. The summed E-state index contributed by atoms with van der Waals surface area (Å²) in [5.41, 5.74) is 8.22. The van der Waals surface area contributed by atoms with Crippen molar-refractivity contribution in [3.8, 4) is 22.5 Å². The first-order chi connectivity index (χ1) is 9.66. The van der Waals surface area contributed by atoms with E-state index in [0.717, 1.165) is 11.1 Å². The first kappa shape index (κ1) is 13.0. The Kier molecular flexibility index (Phi) is 3.38. The van der Waals surface area contributed by atoms with Crippen LogP contribution in [0.5, 0.6) is 0 Å². The van der Waals surface area contributed by atoms with Crippen LogP contribution in [0.25, 0.3) is 22.5 Å². The fourth-order valence-electron chi connectivity index (χ4n) is 2.04. The number of nitrogens with two attached hydrogens (primary N) is 1. The molecule has 0 radical (unpaired) electrons. The summed E-state index contributed by atoms with van der Waals surface area (Å²) in [6, 6.07) is 14.8. The largest absolute Gasteiger partial charge is 0.380 e. The molecule has 0 fully saturated rings. The zero-order valence-electron chi connectivity index (χ0n) is 10.3. The molecule has 0 unspecified atom stereocenters. The van der Waals surface area contributed by atoms with Crippen molar-refractivity contribution < 1.29 is 4.52 Å². The van der Waals surface area contributed by atoms with E-state index < -0.39 is 0 Å². The van der Waals surface area contributed by atoms with Crippen molar-refractivity contribution in [3.63, 3.8) is 0 Å². The van der Waals surface area contributed by atoms with Gasteiger partial charge in [0.2, 0.25) is 0 Å². The van der Waals surface area contributed by atoms with Gasteiger partial charge in [-0.15, -0.1) is 0 Å². The lowest BCUT2D eigenvalue weighted by Gasteiger charge is -2.05. The average Bonchev–Trinajstić information content (AvgIpc) is 2.84. The highest BCUT2D eigenvalue weighted by Crippen LogP contribution is 2.40. The summed E-state index contributed by atoms with van der Waals surface area (Å²) < 4.78 is 5.35. The Morgan fingerprint density at radius 1 is 1.00 bits per heavy atom. The van der Waals surface area contributed by atoms with E-state index in [-0.39, 0.29) is 0 Å². The summed E-state index contributed by atoms with van der Waals surface area (Å²) in [7, 11) is 0. The number of benzene rings is 2. The van der Waals surface area contributed by atoms with Crippen LogP contribution in [0.4, 0.5) is 5.82 Å². The maximum Gasteiger partial charge on any atom is 0.178 e. The molecule has 20 heavy (non-hydrogen) atoms. The molecule has 0 aliphatic heterocycles. The maximum atomic E-state index is 6.21. The van der Waals surface area contributed by atoms with E-state index in [0.29, 0.717) is 27.2 Å². The molecule has 0 aliphatic carbocycles. The molecule has 3 nitrogen and oxygen atoms in total. The lowest BCUT2D eigenvalue weighted by molar-refractivity contribution is 0.436. The molecule has 2 aromatic carbocycles. The minimum atomic E-state index is 0.322. The molecule has 0 saturated carbocycles. The predicted octanol–water partition coefficient (Wildman–Crippen LogP) is 4.90. The lowest BCUT2D eigenvalue weighted by atomic mass is 10.0. The minimum Gasteiger partial charge on any atom is -0.380 e. The second kappa shape index (κ2) is 5.19. The first-order valence-electron chi connectivity index (χ1n) is 5.93. The van der Waals surface area contributed by atoms with E-state index in [1.54, 1.807) is 18.2 Å². The quantitative estimate of drug-likeness (QED) is 0.732. The van der Waals surface area contributed by atoms with Crippen molar-refractivity contribution in [3.05, 3.63) is 58.6 Å². The van der Waals surface area contributed by atoms with E-state index in [1.165, 1.54) is 0 Å². The summed E-state index contributed by atoms with van der Waals surface area (Å²) in [6.45, 7) is 0. The van der Waals surface area contributed by atoms with Gasteiger partial charge in [-0.1, -0.05) is 58.7 Å². The number of aromatic nitrogens is 1. The van der Waals surface area contributed by atoms with Gasteiger partial charge in [-0.05, 0) is 23.8 Å². The highest BCUT2D eigenvalue weighted by molar-refractivity contribution is 6.35. The molecule has 5 heteroatoms. The molecular weight excluding hydrogens is 295 g/mol. The minimum absolute atomic E-state index is 0.322. The van der Waals surface area contributed by atoms with Crippen LogP contribution in [0.2, 0.25) is 10.0 Å². The van der Waals surface area contributed by atoms with Crippen LogP contribution in [-0.4, -0.2) is 5.16 Å². The molecule has 1 heterocycles. The summed E-state index contributed by atoms with van der Waals surface area (Å²) in [5.74, 6) is 0.837. The Morgan fingerprint density at radius 3 is 2.50 bits per heavy atom. The molecule has 0 spiro atoms. The molecule has 2 N–H and O–H groups in total. The molecule has 3 aromatic rings. The Labute approximate surface area is 125 Å². The molecule has 0 saturated heterocycles. The smallest absolute Gasteiger partial charge is 0.178 e. The Balaban J connectivity index is 2.24. The van der Waals surface area contributed by atoms with Gasteiger partial charge >= 0.3 is 0 Å². The van der Waals surface area contributed by atoms with Gasteiger partial charge in [-0.25, -0.2) is 0 Å². The van der Waals surface area contributed by atoms with Crippen molar-refractivity contribution in [2.45, 2.75) is 0 Å². The van der Waals surface area contributed by atoms with Gasteiger partial charge in [0.1, 0.15) is 0 Å². The molecule has 0 aliphatic rings. The molecular formula is C15H10Cl2N2O. The zero-order chi connectivity index (χ0) is 14.1. The number of rotatable bonds is 2. The van der Waals surface area contributed by atoms with Crippen molar-refractivity contribution in [1.82, 2.24) is 5.16 Å². The highest BCUT2D eigenvalue weighted by atomic mass is 35.5. The summed E-state index contributed by atoms with van der Waals surface area (Å²) in [5, 5.41) is 4.94. The maximum absolute atomic E-state index is 6.21. The number of halogens is 2. The van der Waals surface area contributed by atoms with Gasteiger partial charge in [0, 0.05) is 10.6 Å². The fourth-order valence-corrected chi connectivity index (χ4v) is 2.42. The van der Waals surface area contributed by atoms with Gasteiger partial charge < -0.3 is 10.3 Å². The summed E-state index contributed by atoms with van der Waals surface area (Å²) >= 11 is 12.2. The molecule has 0 bridgehead atoms. The Morgan fingerprint density at radius 2 is 1.75 bits per heavy atom. The van der Waals surface area contributed by atoms with Crippen molar-refractivity contribution in [1.29, 1.82) is 0 Å². The van der Waals surface area contributed by atoms with Crippen molar-refractivity contribution in [2.24, 2.45) is 0 Å². The lowest BCUT2D eigenvalue weighted by Crippen LogP contribution is -1.89. The van der Waals surface area contributed by atoms with E-state index in [9.17, 15) is 0 Å². The molecule has 100 valence electrons. The molecule has 3 rings (SSSR count). The van der Waals surface area contributed by atoms with Gasteiger partial charge in [0.15, 0.2) is 11.6 Å². The van der Waals surface area contributed by atoms with Crippen LogP contribution in [-0.2, 0) is 0 Å². The number of hydrogen-bond acceptors (Lipinski definition) is 3. The Hall–Kier alpha value is -1.97. The summed E-state index contributed by atoms with van der Waals surface area (Å²) in [4.78, 5) is 0. The van der Waals surface area contributed by atoms with Crippen LogP contribution in [0.15, 0.2) is 53.1 Å². The monoisotopic (exact) mass is 304 g/mol. The zero-order valence-corrected chi connectivity index (χ0v) is 11.8. The van der Waals surface area contributed by atoms with Crippen LogP contribution < -0.4 is 5.73 Å². The summed E-state index contributed by atoms with van der Waals surface area (Å²) in [6.07, 6.45) is 0. The Bertz CT molecular complexity index is 754. The van der Waals surface area contributed by atoms with Crippen molar-refractivity contribution >= 4 is 29.0 Å². The second-order valence-electron chi connectivity index (χ2n) is 4.26. The van der Waals surface area contributed by atoms with E-state index in [4.69, 9.17) is 33.5 Å². The normalized spacial score (nSPS) is 10.7. The standard InChI is InChI=1S/C15H10Cl2N2O/c16-10-6-7-12(17)11(8-10)14-13(15(18)19-20-14)9-4-2-1-3-5-9/h1-8H,(H2,18,19). The average molecular weight is 305 g/mol. The third kappa shape index (κ3) is 2.26. The SMILES string of the molecule is Nc1noc(-c2cc(Cl)ccc2Cl)c1-c1ccccc1. The van der Waals surface area contributed by atoms with Gasteiger partial charge in [-0.3, -0.25) is 0 Å². The van der Waals surface area contributed by atoms with Crippen LogP contribution in [0.1, 0.15) is 0 Å². The molecule has 0 atom stereocenters. The third-order valence-electron chi connectivity index (χ3n) is 2.95. The van der Waals surface area contributed by atoms with Gasteiger partial charge in [0.05, 0.1) is 10.6 Å². The third-order valence-corrected chi connectivity index (χ3v) is 3.52. The van der Waals surface area contributed by atoms with Crippen LogP contribution in [0, 0.1) is 0 Å². The van der Waals surface area contributed by atoms with Gasteiger partial charge in [0.25, 0.3) is 0 Å². The number of nitrogen functional groups attached to an aromatic ring is 1. The number of nitrogens with zero attached hydrogens (tertiary/aromatic N) is 1. The molecule has 1 aromatic heterocycles. The van der Waals surface area contributed by atoms with E-state index >= 15 is 0 Å². The number of hydrogen-bond donors (Lipinski definition) is 1. The fraction of sp³-hybridized carbons (Fsp3) is 0. The highest BCUT2D eigenvalue weighted by Gasteiger charge is 2.19. The van der Waals surface area contributed by atoms with E-state index in [2.05, 4.69) is 5.16 Å². The van der Waals surface area contributed by atoms with Gasteiger partial charge in [-0.2, -0.15) is 0 Å². The number of anilines is 1. The molecule has 0 amide bonds. The van der Waals surface area contributed by atoms with Crippen LogP contribution in [0.3, 0.4) is 0 Å². The van der Waals surface area contributed by atoms with Crippen molar-refractivity contribution in [2.75, 3.05) is 5.73 Å². The van der Waals surface area contributed by atoms with Crippen LogP contribution >= 0.6 is 23.2 Å². The first-order valence-corrected chi connectivity index (χ1v) is 6.68. The predicted molar refractivity (Wildman–Crippen MR) is 81.8 cm³/mol.